The second-order valence-corrected chi connectivity index (χ2v) is 3.68. The maximum absolute atomic E-state index is 5.70. The van der Waals surface area contributed by atoms with E-state index in [0.29, 0.717) is 16.6 Å². The van der Waals surface area contributed by atoms with Crippen molar-refractivity contribution in [3.8, 4) is 22.8 Å². The van der Waals surface area contributed by atoms with Gasteiger partial charge < -0.3 is 9.47 Å². The van der Waals surface area contributed by atoms with Crippen molar-refractivity contribution in [1.29, 1.82) is 0 Å². The molecule has 2 rings (SSSR count). The Kier molecular flexibility index (Phi) is 3.44. The van der Waals surface area contributed by atoms with Crippen molar-refractivity contribution in [3.05, 3.63) is 35.7 Å². The summed E-state index contributed by atoms with van der Waals surface area (Å²) in [4.78, 5) is 8.20. The van der Waals surface area contributed by atoms with E-state index < -0.39 is 0 Å². The topological polar surface area (TPSA) is 44.2 Å². The first kappa shape index (κ1) is 11.7. The first-order valence-electron chi connectivity index (χ1n) is 4.94. The number of ether oxygens (including phenoxy) is 2. The lowest BCUT2D eigenvalue weighted by atomic mass is 10.1. The van der Waals surface area contributed by atoms with Crippen molar-refractivity contribution < 1.29 is 9.47 Å². The number of methoxy groups -OCH3 is 2. The quantitative estimate of drug-likeness (QED) is 0.840. The molecule has 0 saturated heterocycles. The molecule has 0 atom stereocenters. The van der Waals surface area contributed by atoms with E-state index in [0.717, 1.165) is 11.3 Å². The molecule has 1 aromatic heterocycles. The van der Waals surface area contributed by atoms with E-state index in [9.17, 15) is 0 Å². The summed E-state index contributed by atoms with van der Waals surface area (Å²) in [5.41, 5.74) is 1.50. The van der Waals surface area contributed by atoms with Crippen molar-refractivity contribution in [3.63, 3.8) is 0 Å². The van der Waals surface area contributed by atoms with Crippen LogP contribution in [0.1, 0.15) is 0 Å². The molecule has 0 N–H and O–H groups in total. The van der Waals surface area contributed by atoms with Gasteiger partial charge in [-0.15, -0.1) is 0 Å². The number of nitrogens with zero attached hydrogens (tertiary/aromatic N) is 2. The first-order valence-corrected chi connectivity index (χ1v) is 5.32. The molecular formula is C12H11ClN2O2. The van der Waals surface area contributed by atoms with Gasteiger partial charge in [-0.05, 0) is 18.2 Å². The lowest BCUT2D eigenvalue weighted by Gasteiger charge is -2.09. The Morgan fingerprint density at radius 2 is 1.88 bits per heavy atom. The van der Waals surface area contributed by atoms with Crippen LogP contribution in [0.25, 0.3) is 11.3 Å². The van der Waals surface area contributed by atoms with Gasteiger partial charge in [-0.25, -0.2) is 4.98 Å². The number of rotatable bonds is 3. The van der Waals surface area contributed by atoms with Gasteiger partial charge in [0, 0.05) is 5.56 Å². The molecule has 1 aromatic carbocycles. The SMILES string of the molecule is COc1ccc(OC)c(-c2cnc(Cl)cn2)c1. The molecular weight excluding hydrogens is 240 g/mol. The fourth-order valence-corrected chi connectivity index (χ4v) is 1.56. The molecule has 0 bridgehead atoms. The maximum Gasteiger partial charge on any atom is 0.147 e. The average Bonchev–Trinajstić information content (AvgIpc) is 2.39. The van der Waals surface area contributed by atoms with Gasteiger partial charge in [-0.1, -0.05) is 11.6 Å². The molecule has 2 aromatic rings. The summed E-state index contributed by atoms with van der Waals surface area (Å²) in [7, 11) is 3.22. The zero-order chi connectivity index (χ0) is 12.3. The monoisotopic (exact) mass is 250 g/mol. The van der Waals surface area contributed by atoms with Gasteiger partial charge in [0.05, 0.1) is 32.3 Å². The summed E-state index contributed by atoms with van der Waals surface area (Å²) in [6.07, 6.45) is 3.09. The molecule has 4 nitrogen and oxygen atoms in total. The lowest BCUT2D eigenvalue weighted by Crippen LogP contribution is -1.92. The van der Waals surface area contributed by atoms with Gasteiger partial charge in [-0.2, -0.15) is 0 Å². The number of halogens is 1. The van der Waals surface area contributed by atoms with Crippen molar-refractivity contribution in [2.75, 3.05) is 14.2 Å². The summed E-state index contributed by atoms with van der Waals surface area (Å²) < 4.78 is 10.4. The molecule has 0 saturated carbocycles. The Morgan fingerprint density at radius 3 is 2.47 bits per heavy atom. The number of benzene rings is 1. The van der Waals surface area contributed by atoms with Crippen LogP contribution in [-0.4, -0.2) is 24.2 Å². The van der Waals surface area contributed by atoms with E-state index in [4.69, 9.17) is 21.1 Å². The lowest BCUT2D eigenvalue weighted by molar-refractivity contribution is 0.404. The van der Waals surface area contributed by atoms with Gasteiger partial charge in [0.15, 0.2) is 0 Å². The predicted octanol–water partition coefficient (Wildman–Crippen LogP) is 2.81. The molecule has 0 aliphatic rings. The van der Waals surface area contributed by atoms with Gasteiger partial charge >= 0.3 is 0 Å². The fourth-order valence-electron chi connectivity index (χ4n) is 1.47. The zero-order valence-electron chi connectivity index (χ0n) is 9.48. The van der Waals surface area contributed by atoms with Gasteiger partial charge in [0.1, 0.15) is 16.7 Å². The van der Waals surface area contributed by atoms with E-state index in [1.807, 2.05) is 18.2 Å². The second-order valence-electron chi connectivity index (χ2n) is 3.29. The van der Waals surface area contributed by atoms with Crippen molar-refractivity contribution >= 4 is 11.6 Å². The molecule has 0 unspecified atom stereocenters. The minimum absolute atomic E-state index is 0.357. The average molecular weight is 251 g/mol. The molecule has 0 aliphatic heterocycles. The van der Waals surface area contributed by atoms with Crippen molar-refractivity contribution in [2.24, 2.45) is 0 Å². The van der Waals surface area contributed by atoms with Crippen LogP contribution < -0.4 is 9.47 Å². The summed E-state index contributed by atoms with van der Waals surface area (Å²) in [5, 5.41) is 0.357. The van der Waals surface area contributed by atoms with Crippen LogP contribution in [0.5, 0.6) is 11.5 Å². The third-order valence-electron chi connectivity index (χ3n) is 2.30. The van der Waals surface area contributed by atoms with E-state index in [2.05, 4.69) is 9.97 Å². The van der Waals surface area contributed by atoms with E-state index >= 15 is 0 Å². The standard InChI is InChI=1S/C12H11ClN2O2/c1-16-8-3-4-11(17-2)9(5-8)10-6-15-12(13)7-14-10/h3-7H,1-2H3. The highest BCUT2D eigenvalue weighted by molar-refractivity contribution is 6.29. The highest BCUT2D eigenvalue weighted by Gasteiger charge is 2.09. The third kappa shape index (κ3) is 2.47. The molecule has 17 heavy (non-hydrogen) atoms. The molecule has 88 valence electrons. The van der Waals surface area contributed by atoms with Crippen LogP contribution >= 0.6 is 11.6 Å². The highest BCUT2D eigenvalue weighted by Crippen LogP contribution is 2.31. The predicted molar refractivity (Wildman–Crippen MR) is 65.6 cm³/mol. The Hall–Kier alpha value is -1.81. The number of hydrogen-bond donors (Lipinski definition) is 0. The molecule has 0 radical (unpaired) electrons. The van der Waals surface area contributed by atoms with Crippen LogP contribution in [0.15, 0.2) is 30.6 Å². The first-order chi connectivity index (χ1) is 8.24. The molecule has 0 spiro atoms. The molecule has 5 heteroatoms. The Balaban J connectivity index is 2.51. The van der Waals surface area contributed by atoms with E-state index in [-0.39, 0.29) is 0 Å². The summed E-state index contributed by atoms with van der Waals surface area (Å²) in [6.45, 7) is 0. The fraction of sp³-hybridized carbons (Fsp3) is 0.167. The van der Waals surface area contributed by atoms with Crippen LogP contribution in [0.2, 0.25) is 5.15 Å². The van der Waals surface area contributed by atoms with Crippen LogP contribution in [0, 0.1) is 0 Å². The van der Waals surface area contributed by atoms with Gasteiger partial charge in [0.2, 0.25) is 0 Å². The van der Waals surface area contributed by atoms with Crippen LogP contribution in [-0.2, 0) is 0 Å². The normalized spacial score (nSPS) is 10.1. The molecule has 1 heterocycles. The minimum Gasteiger partial charge on any atom is -0.497 e. The molecule has 0 aliphatic carbocycles. The van der Waals surface area contributed by atoms with Gasteiger partial charge in [-0.3, -0.25) is 4.98 Å². The third-order valence-corrected chi connectivity index (χ3v) is 2.50. The Labute approximate surface area is 104 Å². The molecule has 0 fully saturated rings. The summed E-state index contributed by atoms with van der Waals surface area (Å²) >= 11 is 5.70. The van der Waals surface area contributed by atoms with Crippen LogP contribution in [0.4, 0.5) is 0 Å². The Bertz CT molecular complexity index is 514. The van der Waals surface area contributed by atoms with Crippen molar-refractivity contribution in [1.82, 2.24) is 9.97 Å². The van der Waals surface area contributed by atoms with Gasteiger partial charge in [0.25, 0.3) is 0 Å². The van der Waals surface area contributed by atoms with E-state index in [1.165, 1.54) is 6.20 Å². The van der Waals surface area contributed by atoms with E-state index in [1.54, 1.807) is 20.4 Å². The van der Waals surface area contributed by atoms with Crippen LogP contribution in [0.3, 0.4) is 0 Å². The number of hydrogen-bond acceptors (Lipinski definition) is 4. The summed E-state index contributed by atoms with van der Waals surface area (Å²) in [5.74, 6) is 1.44. The number of aromatic nitrogens is 2. The smallest absolute Gasteiger partial charge is 0.147 e. The summed E-state index contributed by atoms with van der Waals surface area (Å²) in [6, 6.07) is 5.49. The second kappa shape index (κ2) is 5.01. The zero-order valence-corrected chi connectivity index (χ0v) is 10.2. The minimum atomic E-state index is 0.357. The van der Waals surface area contributed by atoms with Crippen molar-refractivity contribution in [2.45, 2.75) is 0 Å². The largest absolute Gasteiger partial charge is 0.497 e. The highest BCUT2D eigenvalue weighted by atomic mass is 35.5. The Morgan fingerprint density at radius 1 is 1.06 bits per heavy atom. The maximum atomic E-state index is 5.70. The molecule has 0 amide bonds.